The molecule has 1 atom stereocenters. The Morgan fingerprint density at radius 3 is 2.67 bits per heavy atom. The lowest BCUT2D eigenvalue weighted by atomic mass is 10.0. The molecule has 1 unspecified atom stereocenters. The van der Waals surface area contributed by atoms with Gasteiger partial charge in [-0.05, 0) is 25.1 Å². The number of allylic oxidation sites excluding steroid dienone is 1. The third-order valence-corrected chi connectivity index (χ3v) is 4.62. The first kappa shape index (κ1) is 17.4. The highest BCUT2D eigenvalue weighted by atomic mass is 35.5. The number of halogens is 1. The molecule has 7 nitrogen and oxygen atoms in total. The van der Waals surface area contributed by atoms with Crippen LogP contribution >= 0.6 is 11.6 Å². The first-order chi connectivity index (χ1) is 13.0. The zero-order valence-electron chi connectivity index (χ0n) is 14.8. The van der Waals surface area contributed by atoms with E-state index in [-0.39, 0.29) is 0 Å². The number of fused-ring (bicyclic) bond motifs is 1. The average Bonchev–Trinajstić information content (AvgIpc) is 3.03. The summed E-state index contributed by atoms with van der Waals surface area (Å²) < 4.78 is 5.70. The summed E-state index contributed by atoms with van der Waals surface area (Å²) in [4.78, 5) is 9.08. The lowest BCUT2D eigenvalue weighted by Crippen LogP contribution is -2.37. The molecule has 3 aromatic rings. The first-order valence-electron chi connectivity index (χ1n) is 8.38. The van der Waals surface area contributed by atoms with E-state index in [1.165, 1.54) is 0 Å². The smallest absolute Gasteiger partial charge is 0.302 e. The molecular weight excluding hydrogens is 366 g/mol. The topological polar surface area (TPSA) is 85.9 Å². The summed E-state index contributed by atoms with van der Waals surface area (Å²) in [6.07, 6.45) is 0. The Kier molecular flexibility index (Phi) is 4.47. The summed E-state index contributed by atoms with van der Waals surface area (Å²) in [7, 11) is 1.55. The summed E-state index contributed by atoms with van der Waals surface area (Å²) >= 11 is 6.37. The van der Waals surface area contributed by atoms with Crippen molar-refractivity contribution in [2.45, 2.75) is 13.0 Å². The van der Waals surface area contributed by atoms with Gasteiger partial charge in [0.25, 0.3) is 0 Å². The van der Waals surface area contributed by atoms with Gasteiger partial charge in [-0.1, -0.05) is 41.9 Å². The molecule has 0 saturated carbocycles. The Morgan fingerprint density at radius 1 is 1.19 bits per heavy atom. The lowest BCUT2D eigenvalue weighted by Gasteiger charge is -2.30. The highest BCUT2D eigenvalue weighted by molar-refractivity contribution is 6.31. The predicted octanol–water partition coefficient (Wildman–Crippen LogP) is 4.15. The number of oxazole rings is 1. The lowest BCUT2D eigenvalue weighted by molar-refractivity contribution is -0.0359. The van der Waals surface area contributed by atoms with E-state index in [4.69, 9.17) is 16.0 Å². The van der Waals surface area contributed by atoms with E-state index in [9.17, 15) is 5.21 Å². The van der Waals surface area contributed by atoms with E-state index >= 15 is 0 Å². The van der Waals surface area contributed by atoms with Gasteiger partial charge in [-0.3, -0.25) is 15.6 Å². The monoisotopic (exact) mass is 383 g/mol. The number of guanidine groups is 1. The van der Waals surface area contributed by atoms with Gasteiger partial charge in [0.1, 0.15) is 11.6 Å². The standard InChI is InChI=1S/C19H18ClN5O2/c1-11-17(25(2)26)16(12-7-3-4-8-13(12)20)23-18(21-11)24-19-22-14-9-5-6-10-15(14)27-19/h3-10,16,26H,1-2H3,(H2,21,22,23,24). The number of nitrogens with zero attached hydrogens (tertiary/aromatic N) is 3. The zero-order valence-corrected chi connectivity index (χ0v) is 15.5. The molecule has 0 aliphatic carbocycles. The Hall–Kier alpha value is -3.03. The van der Waals surface area contributed by atoms with Crippen LogP contribution in [-0.2, 0) is 0 Å². The van der Waals surface area contributed by atoms with Crippen molar-refractivity contribution in [1.82, 2.24) is 15.4 Å². The van der Waals surface area contributed by atoms with E-state index < -0.39 is 6.04 Å². The Balaban J connectivity index is 1.71. The molecule has 8 heteroatoms. The molecule has 1 aromatic heterocycles. The van der Waals surface area contributed by atoms with Crippen LogP contribution in [0.4, 0.5) is 6.01 Å². The third-order valence-electron chi connectivity index (χ3n) is 4.27. The van der Waals surface area contributed by atoms with Crippen LogP contribution in [0.1, 0.15) is 18.5 Å². The van der Waals surface area contributed by atoms with Crippen LogP contribution in [0.3, 0.4) is 0 Å². The summed E-state index contributed by atoms with van der Waals surface area (Å²) in [6, 6.07) is 14.8. The molecule has 0 radical (unpaired) electrons. The van der Waals surface area contributed by atoms with Gasteiger partial charge in [-0.2, -0.15) is 4.98 Å². The summed E-state index contributed by atoms with van der Waals surface area (Å²) in [5, 5.41) is 17.9. The van der Waals surface area contributed by atoms with Crippen molar-refractivity contribution >= 4 is 34.7 Å². The van der Waals surface area contributed by atoms with Crippen LogP contribution in [-0.4, -0.2) is 28.3 Å². The molecule has 138 valence electrons. The quantitative estimate of drug-likeness (QED) is 0.589. The number of nitrogens with one attached hydrogen (secondary N) is 2. The number of hydrogen-bond acceptors (Lipinski definition) is 7. The van der Waals surface area contributed by atoms with Crippen LogP contribution in [0, 0.1) is 0 Å². The molecule has 27 heavy (non-hydrogen) atoms. The van der Waals surface area contributed by atoms with Crippen molar-refractivity contribution in [3.8, 4) is 0 Å². The minimum Gasteiger partial charge on any atom is -0.423 e. The van der Waals surface area contributed by atoms with Gasteiger partial charge in [0, 0.05) is 23.3 Å². The second-order valence-corrected chi connectivity index (χ2v) is 6.58. The third kappa shape index (κ3) is 3.34. The molecule has 3 N–H and O–H groups in total. The second kappa shape index (κ2) is 6.94. The number of para-hydroxylation sites is 2. The second-order valence-electron chi connectivity index (χ2n) is 6.17. The number of hydrogen-bond donors (Lipinski definition) is 3. The molecule has 1 aliphatic rings. The van der Waals surface area contributed by atoms with Crippen molar-refractivity contribution in [2.24, 2.45) is 4.99 Å². The van der Waals surface area contributed by atoms with Crippen molar-refractivity contribution < 1.29 is 9.62 Å². The minimum atomic E-state index is -0.484. The zero-order chi connectivity index (χ0) is 19.0. The predicted molar refractivity (Wildman–Crippen MR) is 105 cm³/mol. The Labute approximate surface area is 160 Å². The van der Waals surface area contributed by atoms with Gasteiger partial charge in [0.15, 0.2) is 5.58 Å². The number of rotatable bonds is 3. The highest BCUT2D eigenvalue weighted by Crippen LogP contribution is 2.35. The number of aromatic nitrogens is 1. The van der Waals surface area contributed by atoms with Gasteiger partial charge >= 0.3 is 6.01 Å². The maximum Gasteiger partial charge on any atom is 0.302 e. The van der Waals surface area contributed by atoms with Gasteiger partial charge in [-0.25, -0.2) is 4.99 Å². The van der Waals surface area contributed by atoms with Crippen molar-refractivity contribution in [2.75, 3.05) is 12.4 Å². The van der Waals surface area contributed by atoms with Gasteiger partial charge < -0.3 is 9.73 Å². The fraction of sp³-hybridized carbons (Fsp3) is 0.158. The number of benzene rings is 2. The van der Waals surface area contributed by atoms with Crippen molar-refractivity contribution in [1.29, 1.82) is 0 Å². The van der Waals surface area contributed by atoms with Crippen LogP contribution in [0.25, 0.3) is 11.1 Å². The number of likely N-dealkylation sites (N-methyl/N-ethyl adjacent to an activating group) is 1. The minimum absolute atomic E-state index is 0.328. The largest absolute Gasteiger partial charge is 0.423 e. The van der Waals surface area contributed by atoms with E-state index in [2.05, 4.69) is 20.6 Å². The summed E-state index contributed by atoms with van der Waals surface area (Å²) in [6.45, 7) is 1.86. The fourth-order valence-electron chi connectivity index (χ4n) is 3.09. The van der Waals surface area contributed by atoms with E-state index in [1.807, 2.05) is 49.4 Å². The maximum atomic E-state index is 10.1. The normalized spacial score (nSPS) is 16.9. The van der Waals surface area contributed by atoms with E-state index in [0.717, 1.165) is 21.8 Å². The number of hydroxylamine groups is 2. The van der Waals surface area contributed by atoms with Crippen LogP contribution in [0.5, 0.6) is 0 Å². The number of aliphatic imine (C=N–C) groups is 1. The molecule has 0 fully saturated rings. The van der Waals surface area contributed by atoms with Gasteiger partial charge in [-0.15, -0.1) is 0 Å². The molecule has 0 saturated heterocycles. The van der Waals surface area contributed by atoms with Gasteiger partial charge in [0.05, 0.1) is 5.70 Å². The Morgan fingerprint density at radius 2 is 1.93 bits per heavy atom. The molecular formula is C19H18ClN5O2. The summed E-state index contributed by atoms with van der Waals surface area (Å²) in [5.41, 5.74) is 3.56. The van der Waals surface area contributed by atoms with Crippen LogP contribution < -0.4 is 10.6 Å². The molecule has 2 heterocycles. The molecule has 0 bridgehead atoms. The van der Waals surface area contributed by atoms with E-state index in [0.29, 0.717) is 28.3 Å². The fourth-order valence-corrected chi connectivity index (χ4v) is 3.33. The molecule has 2 aromatic carbocycles. The van der Waals surface area contributed by atoms with Crippen molar-refractivity contribution in [3.05, 3.63) is 70.5 Å². The SMILES string of the molecule is CC1=C(N(C)O)C(c2ccccc2Cl)N=C(Nc2nc3ccccc3o2)N1. The molecule has 0 amide bonds. The van der Waals surface area contributed by atoms with Gasteiger partial charge in [0.2, 0.25) is 5.96 Å². The van der Waals surface area contributed by atoms with Crippen LogP contribution in [0.15, 0.2) is 69.3 Å². The summed E-state index contributed by atoms with van der Waals surface area (Å²) in [5.74, 6) is 0.453. The molecule has 1 aliphatic heterocycles. The van der Waals surface area contributed by atoms with Crippen molar-refractivity contribution in [3.63, 3.8) is 0 Å². The number of anilines is 1. The molecule has 0 spiro atoms. The highest BCUT2D eigenvalue weighted by Gasteiger charge is 2.28. The first-order valence-corrected chi connectivity index (χ1v) is 8.76. The van der Waals surface area contributed by atoms with E-state index in [1.54, 1.807) is 13.1 Å². The molecule has 4 rings (SSSR count). The maximum absolute atomic E-state index is 10.1. The average molecular weight is 384 g/mol. The Bertz CT molecular complexity index is 1020. The van der Waals surface area contributed by atoms with Crippen LogP contribution in [0.2, 0.25) is 5.02 Å².